The minimum atomic E-state index is -0.833. The van der Waals surface area contributed by atoms with E-state index in [1.807, 2.05) is 6.07 Å². The van der Waals surface area contributed by atoms with Gasteiger partial charge in [0.05, 0.1) is 0 Å². The number of aryl methyl sites for hydroxylation is 1. The highest BCUT2D eigenvalue weighted by molar-refractivity contribution is 9.10. The third-order valence-corrected chi connectivity index (χ3v) is 2.11. The Labute approximate surface area is 86.7 Å². The molecule has 0 spiro atoms. The van der Waals surface area contributed by atoms with Crippen LogP contribution in [0.25, 0.3) is 0 Å². The first-order chi connectivity index (χ1) is 6.07. The molecule has 0 aromatic heterocycles. The van der Waals surface area contributed by atoms with Crippen LogP contribution in [0.2, 0.25) is 0 Å². The molecule has 1 aromatic carbocycles. The molecule has 0 bridgehead atoms. The minimum absolute atomic E-state index is 0.833. The molecule has 0 heterocycles. The second-order valence-corrected chi connectivity index (χ2v) is 3.32. The van der Waals surface area contributed by atoms with Gasteiger partial charge < -0.3 is 5.11 Å². The third-order valence-electron chi connectivity index (χ3n) is 1.34. The summed E-state index contributed by atoms with van der Waals surface area (Å²) in [5, 5.41) is 7.42. The first-order valence-corrected chi connectivity index (χ1v) is 4.80. The Morgan fingerprint density at radius 3 is 2.23 bits per heavy atom. The van der Waals surface area contributed by atoms with Crippen molar-refractivity contribution < 1.29 is 9.90 Å². The Morgan fingerprint density at radius 1 is 1.46 bits per heavy atom. The predicted molar refractivity (Wildman–Crippen MR) is 56.8 cm³/mol. The fraction of sp³-hybridized carbons (Fsp3) is 0.300. The van der Waals surface area contributed by atoms with E-state index in [-0.39, 0.29) is 0 Å². The van der Waals surface area contributed by atoms with Crippen LogP contribution in [-0.4, -0.2) is 11.1 Å². The Balaban J connectivity index is 0.000000310. The lowest BCUT2D eigenvalue weighted by molar-refractivity contribution is -0.134. The summed E-state index contributed by atoms with van der Waals surface area (Å²) in [6.07, 6.45) is 1.10. The van der Waals surface area contributed by atoms with E-state index >= 15 is 0 Å². The molecule has 1 aromatic rings. The van der Waals surface area contributed by atoms with Gasteiger partial charge in [0.15, 0.2) is 0 Å². The van der Waals surface area contributed by atoms with Crippen LogP contribution in [0.1, 0.15) is 19.4 Å². The van der Waals surface area contributed by atoms with Crippen LogP contribution in [0.5, 0.6) is 0 Å². The highest BCUT2D eigenvalue weighted by atomic mass is 79.9. The number of benzene rings is 1. The molecule has 2 nitrogen and oxygen atoms in total. The van der Waals surface area contributed by atoms with Crippen molar-refractivity contribution in [2.24, 2.45) is 0 Å². The second-order valence-electron chi connectivity index (χ2n) is 2.46. The maximum Gasteiger partial charge on any atom is 0.300 e. The van der Waals surface area contributed by atoms with E-state index in [9.17, 15) is 0 Å². The number of hydrogen-bond acceptors (Lipinski definition) is 1. The van der Waals surface area contributed by atoms with E-state index in [0.717, 1.165) is 13.3 Å². The number of rotatable bonds is 1. The lowest BCUT2D eigenvalue weighted by Gasteiger charge is -1.96. The first-order valence-electron chi connectivity index (χ1n) is 4.00. The smallest absolute Gasteiger partial charge is 0.300 e. The summed E-state index contributed by atoms with van der Waals surface area (Å²) < 4.78 is 1.22. The molecule has 0 saturated carbocycles. The number of halogens is 1. The topological polar surface area (TPSA) is 37.3 Å². The lowest BCUT2D eigenvalue weighted by atomic mass is 10.2. The van der Waals surface area contributed by atoms with Crippen LogP contribution in [0, 0.1) is 0 Å². The maximum atomic E-state index is 9.00. The first kappa shape index (κ1) is 12.2. The van der Waals surface area contributed by atoms with Gasteiger partial charge in [0.1, 0.15) is 0 Å². The van der Waals surface area contributed by atoms with Gasteiger partial charge in [-0.05, 0) is 18.1 Å². The zero-order valence-corrected chi connectivity index (χ0v) is 9.34. The van der Waals surface area contributed by atoms with Crippen LogP contribution in [0.3, 0.4) is 0 Å². The highest BCUT2D eigenvalue weighted by Gasteiger charge is 1.91. The fourth-order valence-corrected chi connectivity index (χ4v) is 1.35. The zero-order chi connectivity index (χ0) is 10.3. The molecule has 0 aliphatic rings. The molecule has 0 aliphatic carbocycles. The summed E-state index contributed by atoms with van der Waals surface area (Å²) in [4.78, 5) is 9.00. The summed E-state index contributed by atoms with van der Waals surface area (Å²) in [5.41, 5.74) is 1.37. The van der Waals surface area contributed by atoms with E-state index < -0.39 is 5.97 Å². The van der Waals surface area contributed by atoms with Gasteiger partial charge in [-0.2, -0.15) is 0 Å². The Kier molecular flexibility index (Phi) is 6.24. The molecule has 0 radical (unpaired) electrons. The van der Waals surface area contributed by atoms with Crippen molar-refractivity contribution in [1.29, 1.82) is 0 Å². The third kappa shape index (κ3) is 6.34. The van der Waals surface area contributed by atoms with Crippen LogP contribution in [0.4, 0.5) is 0 Å². The van der Waals surface area contributed by atoms with Gasteiger partial charge in [-0.15, -0.1) is 0 Å². The van der Waals surface area contributed by atoms with Crippen molar-refractivity contribution in [3.05, 3.63) is 34.3 Å². The number of carbonyl (C=O) groups is 1. The average Bonchev–Trinajstić information content (AvgIpc) is 2.04. The Hall–Kier alpha value is -0.830. The van der Waals surface area contributed by atoms with E-state index in [1.165, 1.54) is 10.0 Å². The molecule has 1 rings (SSSR count). The van der Waals surface area contributed by atoms with Gasteiger partial charge in [-0.3, -0.25) is 4.79 Å². The molecular weight excluding hydrogens is 232 g/mol. The number of carboxylic acid groups (broad SMARTS) is 1. The second kappa shape index (κ2) is 6.66. The minimum Gasteiger partial charge on any atom is -0.481 e. The molecule has 0 aliphatic heterocycles. The molecule has 0 unspecified atom stereocenters. The summed E-state index contributed by atoms with van der Waals surface area (Å²) in [5.74, 6) is -0.833. The zero-order valence-electron chi connectivity index (χ0n) is 7.75. The predicted octanol–water partition coefficient (Wildman–Crippen LogP) is 3.10. The van der Waals surface area contributed by atoms with Gasteiger partial charge in [0, 0.05) is 11.4 Å². The molecular formula is C10H13BrO2. The monoisotopic (exact) mass is 244 g/mol. The average molecular weight is 245 g/mol. The molecule has 0 fully saturated rings. The van der Waals surface area contributed by atoms with Crippen molar-refractivity contribution in [3.8, 4) is 0 Å². The van der Waals surface area contributed by atoms with Crippen LogP contribution < -0.4 is 0 Å². The summed E-state index contributed by atoms with van der Waals surface area (Å²) in [7, 11) is 0. The fourth-order valence-electron chi connectivity index (χ4n) is 0.785. The van der Waals surface area contributed by atoms with Gasteiger partial charge in [-0.25, -0.2) is 0 Å². The van der Waals surface area contributed by atoms with Crippen molar-refractivity contribution in [3.63, 3.8) is 0 Å². The molecule has 0 amide bonds. The van der Waals surface area contributed by atoms with Gasteiger partial charge in [-0.1, -0.05) is 41.1 Å². The van der Waals surface area contributed by atoms with Gasteiger partial charge in [0.25, 0.3) is 5.97 Å². The Bertz CT molecular complexity index is 267. The Morgan fingerprint density at radius 2 is 1.92 bits per heavy atom. The molecule has 0 atom stereocenters. The van der Waals surface area contributed by atoms with E-state index in [0.29, 0.717) is 0 Å². The van der Waals surface area contributed by atoms with Gasteiger partial charge >= 0.3 is 0 Å². The largest absolute Gasteiger partial charge is 0.481 e. The van der Waals surface area contributed by atoms with Gasteiger partial charge in [0.2, 0.25) is 0 Å². The number of hydrogen-bond donors (Lipinski definition) is 1. The lowest BCUT2D eigenvalue weighted by Crippen LogP contribution is -1.78. The molecule has 3 heteroatoms. The maximum absolute atomic E-state index is 9.00. The quantitative estimate of drug-likeness (QED) is 0.825. The van der Waals surface area contributed by atoms with Crippen molar-refractivity contribution in [1.82, 2.24) is 0 Å². The standard InChI is InChI=1S/C8H9Br.C2H4O2/c1-2-7-5-3-4-6-8(7)9;1-2(3)4/h3-6H,2H2,1H3;1H3,(H,3,4). The van der Waals surface area contributed by atoms with Crippen molar-refractivity contribution in [2.45, 2.75) is 20.3 Å². The van der Waals surface area contributed by atoms with Crippen LogP contribution >= 0.6 is 15.9 Å². The molecule has 1 N–H and O–H groups in total. The SMILES string of the molecule is CC(=O)O.CCc1ccccc1Br. The highest BCUT2D eigenvalue weighted by Crippen LogP contribution is 2.15. The number of carboxylic acids is 1. The van der Waals surface area contributed by atoms with E-state index in [4.69, 9.17) is 9.90 Å². The normalized spacial score (nSPS) is 8.54. The summed E-state index contributed by atoms with van der Waals surface area (Å²) >= 11 is 3.46. The molecule has 13 heavy (non-hydrogen) atoms. The molecule has 0 saturated heterocycles. The van der Waals surface area contributed by atoms with Crippen molar-refractivity contribution in [2.75, 3.05) is 0 Å². The van der Waals surface area contributed by atoms with Crippen molar-refractivity contribution >= 4 is 21.9 Å². The summed E-state index contributed by atoms with van der Waals surface area (Å²) in [6, 6.07) is 8.29. The van der Waals surface area contributed by atoms with E-state index in [2.05, 4.69) is 41.1 Å². The van der Waals surface area contributed by atoms with Crippen LogP contribution in [0.15, 0.2) is 28.7 Å². The van der Waals surface area contributed by atoms with E-state index in [1.54, 1.807) is 0 Å². The van der Waals surface area contributed by atoms with Crippen LogP contribution in [-0.2, 0) is 11.2 Å². The summed E-state index contributed by atoms with van der Waals surface area (Å²) in [6.45, 7) is 3.24. The molecule has 72 valence electrons. The number of aliphatic carboxylic acids is 1.